The Balaban J connectivity index is 2.14. The van der Waals surface area contributed by atoms with Gasteiger partial charge in [-0.15, -0.1) is 0 Å². The highest BCUT2D eigenvalue weighted by atomic mass is 79.9. The van der Waals surface area contributed by atoms with Crippen LogP contribution in [-0.4, -0.2) is 10.5 Å². The third-order valence-corrected chi connectivity index (χ3v) is 3.65. The van der Waals surface area contributed by atoms with Gasteiger partial charge in [0.05, 0.1) is 5.69 Å². The molecule has 19 heavy (non-hydrogen) atoms. The van der Waals surface area contributed by atoms with E-state index in [-0.39, 0.29) is 5.54 Å². The van der Waals surface area contributed by atoms with Crippen molar-refractivity contribution < 1.29 is 4.42 Å². The number of aryl methyl sites for hydroxylation is 1. The van der Waals surface area contributed by atoms with Crippen LogP contribution in [0.2, 0.25) is 0 Å². The van der Waals surface area contributed by atoms with E-state index in [0.29, 0.717) is 12.4 Å². The number of halogens is 1. The molecule has 3 nitrogen and oxygen atoms in total. The minimum Gasteiger partial charge on any atom is -0.444 e. The van der Waals surface area contributed by atoms with Gasteiger partial charge in [0, 0.05) is 22.1 Å². The minimum atomic E-state index is 0.0767. The SMILES string of the molecule is Cc1cc(-c2nc(CNC(C)(C)C)co2)ccc1Br. The maximum Gasteiger partial charge on any atom is 0.226 e. The van der Waals surface area contributed by atoms with Crippen molar-refractivity contribution in [1.82, 2.24) is 10.3 Å². The average Bonchev–Trinajstić information content (AvgIpc) is 2.78. The van der Waals surface area contributed by atoms with E-state index in [4.69, 9.17) is 4.42 Å². The molecule has 2 aromatic rings. The van der Waals surface area contributed by atoms with Crippen LogP contribution in [0.3, 0.4) is 0 Å². The number of oxazole rings is 1. The fourth-order valence-corrected chi connectivity index (χ4v) is 1.90. The van der Waals surface area contributed by atoms with E-state index in [1.165, 1.54) is 5.56 Å². The summed E-state index contributed by atoms with van der Waals surface area (Å²) >= 11 is 3.49. The molecular weight excluding hydrogens is 304 g/mol. The first-order chi connectivity index (χ1) is 8.85. The zero-order valence-corrected chi connectivity index (χ0v) is 13.3. The lowest BCUT2D eigenvalue weighted by atomic mass is 10.1. The molecule has 0 fully saturated rings. The Morgan fingerprint density at radius 3 is 2.68 bits per heavy atom. The van der Waals surface area contributed by atoms with Crippen molar-refractivity contribution in [1.29, 1.82) is 0 Å². The third kappa shape index (κ3) is 3.91. The van der Waals surface area contributed by atoms with Crippen molar-refractivity contribution in [3.05, 3.63) is 40.2 Å². The van der Waals surface area contributed by atoms with Crippen molar-refractivity contribution in [3.8, 4) is 11.5 Å². The summed E-state index contributed by atoms with van der Waals surface area (Å²) in [5.41, 5.74) is 3.17. The lowest BCUT2D eigenvalue weighted by Crippen LogP contribution is -2.35. The van der Waals surface area contributed by atoms with E-state index in [0.717, 1.165) is 15.7 Å². The summed E-state index contributed by atoms with van der Waals surface area (Å²) in [6, 6.07) is 6.09. The Labute approximate surface area is 122 Å². The molecule has 1 aromatic carbocycles. The first-order valence-corrected chi connectivity index (χ1v) is 7.10. The molecule has 0 amide bonds. The second-order valence-electron chi connectivity index (χ2n) is 5.71. The number of benzene rings is 1. The van der Waals surface area contributed by atoms with Crippen LogP contribution in [0.4, 0.5) is 0 Å². The molecule has 0 unspecified atom stereocenters. The first-order valence-electron chi connectivity index (χ1n) is 6.31. The third-order valence-electron chi connectivity index (χ3n) is 2.76. The number of hydrogen-bond donors (Lipinski definition) is 1. The molecule has 0 radical (unpaired) electrons. The largest absolute Gasteiger partial charge is 0.444 e. The Morgan fingerprint density at radius 2 is 2.05 bits per heavy atom. The molecule has 0 atom stereocenters. The predicted molar refractivity (Wildman–Crippen MR) is 81.0 cm³/mol. The van der Waals surface area contributed by atoms with Gasteiger partial charge in [-0.05, 0) is 51.5 Å². The first kappa shape index (κ1) is 14.3. The van der Waals surface area contributed by atoms with Gasteiger partial charge in [-0.1, -0.05) is 15.9 Å². The highest BCUT2D eigenvalue weighted by Gasteiger charge is 2.12. The maximum absolute atomic E-state index is 5.54. The van der Waals surface area contributed by atoms with E-state index >= 15 is 0 Å². The molecule has 1 N–H and O–H groups in total. The minimum absolute atomic E-state index is 0.0767. The van der Waals surface area contributed by atoms with Crippen LogP contribution in [0.5, 0.6) is 0 Å². The summed E-state index contributed by atoms with van der Waals surface area (Å²) in [4.78, 5) is 4.51. The molecule has 0 aliphatic rings. The van der Waals surface area contributed by atoms with Crippen molar-refractivity contribution >= 4 is 15.9 Å². The van der Waals surface area contributed by atoms with E-state index in [9.17, 15) is 0 Å². The fourth-order valence-electron chi connectivity index (χ4n) is 1.65. The van der Waals surface area contributed by atoms with Gasteiger partial charge in [0.1, 0.15) is 6.26 Å². The summed E-state index contributed by atoms with van der Waals surface area (Å²) in [6.45, 7) is 9.16. The molecule has 0 saturated carbocycles. The van der Waals surface area contributed by atoms with Crippen LogP contribution in [-0.2, 0) is 6.54 Å². The van der Waals surface area contributed by atoms with Crippen LogP contribution in [0, 0.1) is 6.92 Å². The Hall–Kier alpha value is -1.13. The van der Waals surface area contributed by atoms with Crippen LogP contribution < -0.4 is 5.32 Å². The zero-order chi connectivity index (χ0) is 14.0. The van der Waals surface area contributed by atoms with Gasteiger partial charge < -0.3 is 9.73 Å². The molecule has 1 heterocycles. The van der Waals surface area contributed by atoms with Crippen LogP contribution in [0.25, 0.3) is 11.5 Å². The molecule has 2 rings (SSSR count). The van der Waals surface area contributed by atoms with Gasteiger partial charge in [-0.2, -0.15) is 0 Å². The van der Waals surface area contributed by atoms with Crippen molar-refractivity contribution in [3.63, 3.8) is 0 Å². The quantitative estimate of drug-likeness (QED) is 0.915. The summed E-state index contributed by atoms with van der Waals surface area (Å²) in [5, 5.41) is 3.39. The van der Waals surface area contributed by atoms with E-state index in [1.54, 1.807) is 6.26 Å². The van der Waals surface area contributed by atoms with E-state index in [1.807, 2.05) is 12.1 Å². The number of nitrogens with one attached hydrogen (secondary N) is 1. The van der Waals surface area contributed by atoms with Crippen molar-refractivity contribution in [2.24, 2.45) is 0 Å². The second-order valence-corrected chi connectivity index (χ2v) is 6.57. The number of aromatic nitrogens is 1. The van der Waals surface area contributed by atoms with Crippen molar-refractivity contribution in [2.45, 2.75) is 39.8 Å². The lowest BCUT2D eigenvalue weighted by molar-refractivity contribution is 0.421. The Bertz CT molecular complexity index is 570. The summed E-state index contributed by atoms with van der Waals surface area (Å²) < 4.78 is 6.64. The van der Waals surface area contributed by atoms with Gasteiger partial charge in [0.25, 0.3) is 0 Å². The molecular formula is C15H19BrN2O. The maximum atomic E-state index is 5.54. The monoisotopic (exact) mass is 322 g/mol. The molecule has 1 aromatic heterocycles. The summed E-state index contributed by atoms with van der Waals surface area (Å²) in [7, 11) is 0. The second kappa shape index (κ2) is 5.47. The van der Waals surface area contributed by atoms with Gasteiger partial charge in [0.2, 0.25) is 5.89 Å². The predicted octanol–water partition coefficient (Wildman–Crippen LogP) is 4.30. The highest BCUT2D eigenvalue weighted by molar-refractivity contribution is 9.10. The Kier molecular flexibility index (Phi) is 4.11. The van der Waals surface area contributed by atoms with E-state index < -0.39 is 0 Å². The molecule has 0 saturated heterocycles. The van der Waals surface area contributed by atoms with Crippen LogP contribution in [0.1, 0.15) is 32.0 Å². The number of nitrogens with zero attached hydrogens (tertiary/aromatic N) is 1. The molecule has 0 aliphatic heterocycles. The fraction of sp³-hybridized carbons (Fsp3) is 0.400. The Morgan fingerprint density at radius 1 is 1.32 bits per heavy atom. The smallest absolute Gasteiger partial charge is 0.226 e. The van der Waals surface area contributed by atoms with Crippen molar-refractivity contribution in [2.75, 3.05) is 0 Å². The van der Waals surface area contributed by atoms with Gasteiger partial charge in [0.15, 0.2) is 0 Å². The van der Waals surface area contributed by atoms with Gasteiger partial charge in [-0.25, -0.2) is 4.98 Å². The highest BCUT2D eigenvalue weighted by Crippen LogP contribution is 2.24. The standard InChI is InChI=1S/C15H19BrN2O/c1-10-7-11(5-6-13(10)16)14-18-12(9-19-14)8-17-15(2,3)4/h5-7,9,17H,8H2,1-4H3. The lowest BCUT2D eigenvalue weighted by Gasteiger charge is -2.19. The van der Waals surface area contributed by atoms with Crippen LogP contribution >= 0.6 is 15.9 Å². The summed E-state index contributed by atoms with van der Waals surface area (Å²) in [5.74, 6) is 0.668. The topological polar surface area (TPSA) is 38.1 Å². The average molecular weight is 323 g/mol. The molecule has 0 aliphatic carbocycles. The zero-order valence-electron chi connectivity index (χ0n) is 11.7. The number of rotatable bonds is 3. The normalized spacial score (nSPS) is 11.8. The number of hydrogen-bond acceptors (Lipinski definition) is 3. The van der Waals surface area contributed by atoms with Crippen LogP contribution in [0.15, 0.2) is 33.4 Å². The molecule has 4 heteroatoms. The van der Waals surface area contributed by atoms with Gasteiger partial charge in [-0.3, -0.25) is 0 Å². The van der Waals surface area contributed by atoms with E-state index in [2.05, 4.69) is 60.0 Å². The summed E-state index contributed by atoms with van der Waals surface area (Å²) in [6.07, 6.45) is 1.71. The molecule has 0 spiro atoms. The molecule has 0 bridgehead atoms. The van der Waals surface area contributed by atoms with Gasteiger partial charge >= 0.3 is 0 Å². The molecule has 102 valence electrons.